The van der Waals surface area contributed by atoms with E-state index in [1.807, 2.05) is 18.2 Å². The van der Waals surface area contributed by atoms with Gasteiger partial charge in [-0.15, -0.1) is 11.3 Å². The van der Waals surface area contributed by atoms with Gasteiger partial charge in [0, 0.05) is 35.5 Å². The standard InChI is InChI=1S/C24H20ClN3O2S3/c1-15-6-8-16(9-7-15)12-18-14-26-23(32-18)27-21(29)10-11-28-22(30)20(33-24(28)31)13-17-4-2-3-5-19(17)25/h2-9,13-14H,10-12H2,1H3,(H,26,27,29). The summed E-state index contributed by atoms with van der Waals surface area (Å²) in [5, 5.41) is 3.93. The number of amides is 2. The number of hydrogen-bond acceptors (Lipinski definition) is 6. The van der Waals surface area contributed by atoms with Crippen molar-refractivity contribution < 1.29 is 9.59 Å². The van der Waals surface area contributed by atoms with Crippen molar-refractivity contribution in [1.82, 2.24) is 9.88 Å². The number of benzene rings is 2. The van der Waals surface area contributed by atoms with Gasteiger partial charge in [0.1, 0.15) is 4.32 Å². The first-order chi connectivity index (χ1) is 15.9. The number of hydrogen-bond donors (Lipinski definition) is 1. The highest BCUT2D eigenvalue weighted by Gasteiger charge is 2.32. The molecule has 1 aliphatic rings. The van der Waals surface area contributed by atoms with Gasteiger partial charge in [0.25, 0.3) is 5.91 Å². The maximum atomic E-state index is 12.8. The van der Waals surface area contributed by atoms with Crippen molar-refractivity contribution in [3.63, 3.8) is 0 Å². The van der Waals surface area contributed by atoms with Gasteiger partial charge in [0.05, 0.1) is 4.91 Å². The Kier molecular flexibility index (Phi) is 7.60. The van der Waals surface area contributed by atoms with Gasteiger partial charge in [0.15, 0.2) is 5.13 Å². The summed E-state index contributed by atoms with van der Waals surface area (Å²) in [4.78, 5) is 32.5. The van der Waals surface area contributed by atoms with Crippen molar-refractivity contribution in [3.8, 4) is 0 Å². The molecule has 33 heavy (non-hydrogen) atoms. The number of carbonyl (C=O) groups is 2. The average molecular weight is 514 g/mol. The first-order valence-corrected chi connectivity index (χ1v) is 12.6. The third kappa shape index (κ3) is 6.09. The van der Waals surface area contributed by atoms with Crippen LogP contribution in [0, 0.1) is 6.92 Å². The van der Waals surface area contributed by atoms with E-state index in [1.165, 1.54) is 39.1 Å². The molecule has 9 heteroatoms. The fourth-order valence-electron chi connectivity index (χ4n) is 3.18. The van der Waals surface area contributed by atoms with Crippen LogP contribution < -0.4 is 5.32 Å². The number of nitrogens with zero attached hydrogens (tertiary/aromatic N) is 2. The number of aryl methyl sites for hydroxylation is 1. The second kappa shape index (κ2) is 10.6. The van der Waals surface area contributed by atoms with Crippen LogP contribution in [0.5, 0.6) is 0 Å². The molecule has 0 unspecified atom stereocenters. The first kappa shape index (κ1) is 23.6. The number of halogens is 1. The Hall–Kier alpha value is -2.52. The minimum absolute atomic E-state index is 0.124. The van der Waals surface area contributed by atoms with Gasteiger partial charge in [-0.05, 0) is 30.2 Å². The highest BCUT2D eigenvalue weighted by molar-refractivity contribution is 8.26. The molecule has 1 N–H and O–H groups in total. The summed E-state index contributed by atoms with van der Waals surface area (Å²) in [5.41, 5.74) is 3.17. The molecule has 0 aliphatic carbocycles. The molecule has 0 bridgehead atoms. The second-order valence-corrected chi connectivity index (χ2v) is 10.6. The SMILES string of the molecule is Cc1ccc(Cc2cnc(NC(=O)CCN3C(=O)C(=Cc4ccccc4Cl)SC3=S)s2)cc1. The molecule has 2 amide bonds. The minimum atomic E-state index is -0.215. The number of anilines is 1. The van der Waals surface area contributed by atoms with Crippen LogP contribution in [0.4, 0.5) is 5.13 Å². The molecule has 0 radical (unpaired) electrons. The number of nitrogens with one attached hydrogen (secondary N) is 1. The van der Waals surface area contributed by atoms with Crippen molar-refractivity contribution in [2.75, 3.05) is 11.9 Å². The van der Waals surface area contributed by atoms with Crippen molar-refractivity contribution in [2.24, 2.45) is 0 Å². The summed E-state index contributed by atoms with van der Waals surface area (Å²) in [6, 6.07) is 15.6. The highest BCUT2D eigenvalue weighted by Crippen LogP contribution is 2.33. The minimum Gasteiger partial charge on any atom is -0.302 e. The highest BCUT2D eigenvalue weighted by atomic mass is 35.5. The zero-order valence-electron chi connectivity index (χ0n) is 17.7. The van der Waals surface area contributed by atoms with Crippen LogP contribution in [-0.4, -0.2) is 32.6 Å². The molecule has 3 aromatic rings. The molecule has 1 aromatic heterocycles. The molecule has 1 fully saturated rings. The van der Waals surface area contributed by atoms with Gasteiger partial charge in [0.2, 0.25) is 5.91 Å². The van der Waals surface area contributed by atoms with E-state index in [-0.39, 0.29) is 24.8 Å². The summed E-state index contributed by atoms with van der Waals surface area (Å²) in [7, 11) is 0. The normalized spacial score (nSPS) is 14.8. The Morgan fingerprint density at radius 1 is 1.21 bits per heavy atom. The van der Waals surface area contributed by atoms with Crippen molar-refractivity contribution in [2.45, 2.75) is 19.8 Å². The topological polar surface area (TPSA) is 62.3 Å². The molecule has 2 heterocycles. The zero-order valence-corrected chi connectivity index (χ0v) is 20.9. The number of thioether (sulfide) groups is 1. The summed E-state index contributed by atoms with van der Waals surface area (Å²) in [6.45, 7) is 2.26. The molecule has 1 aliphatic heterocycles. The molecule has 1 saturated heterocycles. The monoisotopic (exact) mass is 513 g/mol. The summed E-state index contributed by atoms with van der Waals surface area (Å²) >= 11 is 14.2. The lowest BCUT2D eigenvalue weighted by Gasteiger charge is -2.13. The predicted molar refractivity (Wildman–Crippen MR) is 141 cm³/mol. The Bertz CT molecular complexity index is 1240. The van der Waals surface area contributed by atoms with Gasteiger partial charge in [-0.25, -0.2) is 4.98 Å². The molecular weight excluding hydrogens is 494 g/mol. The lowest BCUT2D eigenvalue weighted by Crippen LogP contribution is -2.31. The molecular formula is C24H20ClN3O2S3. The van der Waals surface area contributed by atoms with E-state index in [0.717, 1.165) is 16.9 Å². The van der Waals surface area contributed by atoms with Crippen LogP contribution in [0.15, 0.2) is 59.6 Å². The van der Waals surface area contributed by atoms with Crippen molar-refractivity contribution >= 4 is 74.3 Å². The third-order valence-corrected chi connectivity index (χ3v) is 7.56. The van der Waals surface area contributed by atoms with Crippen molar-refractivity contribution in [1.29, 1.82) is 0 Å². The number of rotatable bonds is 7. The fourth-order valence-corrected chi connectivity index (χ4v) is 5.53. The maximum absolute atomic E-state index is 12.8. The van der Waals surface area contributed by atoms with E-state index in [4.69, 9.17) is 23.8 Å². The number of thiocarbonyl (C=S) groups is 1. The molecule has 4 rings (SSSR count). The van der Waals surface area contributed by atoms with Crippen LogP contribution in [0.2, 0.25) is 5.02 Å². The first-order valence-electron chi connectivity index (χ1n) is 10.2. The Balaban J connectivity index is 1.31. The number of thiazole rings is 1. The molecule has 2 aromatic carbocycles. The lowest BCUT2D eigenvalue weighted by molar-refractivity contribution is -0.122. The van der Waals surface area contributed by atoms with E-state index in [2.05, 4.69) is 41.5 Å². The lowest BCUT2D eigenvalue weighted by atomic mass is 10.1. The molecule has 0 spiro atoms. The van der Waals surface area contributed by atoms with E-state index < -0.39 is 0 Å². The van der Waals surface area contributed by atoms with Crippen LogP contribution >= 0.6 is 46.9 Å². The Morgan fingerprint density at radius 3 is 2.73 bits per heavy atom. The molecule has 168 valence electrons. The summed E-state index contributed by atoms with van der Waals surface area (Å²) in [5.74, 6) is -0.428. The Labute approximate surface area is 210 Å². The van der Waals surface area contributed by atoms with Gasteiger partial charge in [-0.1, -0.05) is 83.6 Å². The van der Waals surface area contributed by atoms with Crippen LogP contribution in [0.1, 0.15) is 28.0 Å². The van der Waals surface area contributed by atoms with Crippen LogP contribution in [0.25, 0.3) is 6.08 Å². The van der Waals surface area contributed by atoms with Gasteiger partial charge < -0.3 is 5.32 Å². The van der Waals surface area contributed by atoms with Gasteiger partial charge in [-0.3, -0.25) is 14.5 Å². The summed E-state index contributed by atoms with van der Waals surface area (Å²) < 4.78 is 0.431. The number of aromatic nitrogens is 1. The van der Waals surface area contributed by atoms with Gasteiger partial charge >= 0.3 is 0 Å². The van der Waals surface area contributed by atoms with E-state index in [9.17, 15) is 9.59 Å². The van der Waals surface area contributed by atoms with Crippen molar-refractivity contribution in [3.05, 3.63) is 86.2 Å². The second-order valence-electron chi connectivity index (χ2n) is 7.45. The van der Waals surface area contributed by atoms with Crippen LogP contribution in [-0.2, 0) is 16.0 Å². The largest absolute Gasteiger partial charge is 0.302 e. The smallest absolute Gasteiger partial charge is 0.266 e. The third-order valence-electron chi connectivity index (χ3n) is 4.93. The predicted octanol–water partition coefficient (Wildman–Crippen LogP) is 5.93. The van der Waals surface area contributed by atoms with Gasteiger partial charge in [-0.2, -0.15) is 0 Å². The van der Waals surface area contributed by atoms with E-state index >= 15 is 0 Å². The average Bonchev–Trinajstić information content (AvgIpc) is 3.33. The van der Waals surface area contributed by atoms with E-state index in [0.29, 0.717) is 19.4 Å². The zero-order chi connectivity index (χ0) is 23.4. The Morgan fingerprint density at radius 2 is 1.97 bits per heavy atom. The quantitative estimate of drug-likeness (QED) is 0.313. The van der Waals surface area contributed by atoms with Crippen LogP contribution in [0.3, 0.4) is 0 Å². The maximum Gasteiger partial charge on any atom is 0.266 e. The van der Waals surface area contributed by atoms with E-state index in [1.54, 1.807) is 18.3 Å². The molecule has 0 atom stereocenters. The number of carbonyl (C=O) groups excluding carboxylic acids is 2. The molecule has 5 nitrogen and oxygen atoms in total. The summed E-state index contributed by atoms with van der Waals surface area (Å²) in [6.07, 6.45) is 4.40. The molecule has 0 saturated carbocycles. The fraction of sp³-hybridized carbons (Fsp3) is 0.167.